The van der Waals surface area contributed by atoms with Gasteiger partial charge in [-0.25, -0.2) is 4.98 Å². The minimum Gasteiger partial charge on any atom is -0.294 e. The molecule has 2 aromatic carbocycles. The number of benzene rings is 2. The first-order valence-electron chi connectivity index (χ1n) is 10.3. The lowest BCUT2D eigenvalue weighted by Gasteiger charge is -2.12. The second-order valence-corrected chi connectivity index (χ2v) is 8.49. The summed E-state index contributed by atoms with van der Waals surface area (Å²) in [5.74, 6) is 0. The number of pyridine rings is 3. The Morgan fingerprint density at radius 2 is 1.28 bits per heavy atom. The van der Waals surface area contributed by atoms with Crippen LogP contribution in [-0.2, 0) is 0 Å². The lowest BCUT2D eigenvalue weighted by Crippen LogP contribution is -1.98. The summed E-state index contributed by atoms with van der Waals surface area (Å²) in [5.41, 5.74) is 6.96. The van der Waals surface area contributed by atoms with Gasteiger partial charge in [-0.15, -0.1) is 0 Å². The first-order valence-corrected chi connectivity index (χ1v) is 11.1. The number of aromatic nitrogens is 4. The van der Waals surface area contributed by atoms with Gasteiger partial charge < -0.3 is 0 Å². The van der Waals surface area contributed by atoms with Crippen LogP contribution < -0.4 is 0 Å². The van der Waals surface area contributed by atoms with Crippen molar-refractivity contribution >= 4 is 37.9 Å². The average Bonchev–Trinajstić information content (AvgIpc) is 3.18. The van der Waals surface area contributed by atoms with Crippen LogP contribution in [-0.4, -0.2) is 19.5 Å². The molecule has 0 N–H and O–H groups in total. The van der Waals surface area contributed by atoms with E-state index in [1.807, 2.05) is 61.1 Å². The van der Waals surface area contributed by atoms with E-state index >= 15 is 0 Å². The summed E-state index contributed by atoms with van der Waals surface area (Å²) in [5, 5.41) is 2.27. The van der Waals surface area contributed by atoms with E-state index in [-0.39, 0.29) is 0 Å². The van der Waals surface area contributed by atoms with E-state index in [9.17, 15) is 0 Å². The second-order valence-electron chi connectivity index (χ2n) is 7.57. The maximum atomic E-state index is 4.75. The molecular weight excluding hydrogens is 460 g/mol. The van der Waals surface area contributed by atoms with Gasteiger partial charge in [0.2, 0.25) is 0 Å². The standard InChI is InChI=1S/C27H17BrN4/c28-20-9-10-26-23(17-20)22-6-5-13-31-27(22)32(26)21-15-18(24-7-1-3-11-29-24)14-19(16-21)25-8-2-4-12-30-25/h1-17H. The zero-order valence-corrected chi connectivity index (χ0v) is 18.6. The minimum atomic E-state index is 0.919. The SMILES string of the molecule is Brc1ccc2c(c1)c1cccnc1n2-c1cc(-c2ccccn2)cc(-c2ccccn2)c1. The van der Waals surface area contributed by atoms with Crippen LogP contribution in [0.4, 0.5) is 0 Å². The molecule has 4 nitrogen and oxygen atoms in total. The predicted octanol–water partition coefficient (Wildman–Crippen LogP) is 7.07. The van der Waals surface area contributed by atoms with Gasteiger partial charge in [0.05, 0.1) is 16.9 Å². The minimum absolute atomic E-state index is 0.919. The van der Waals surface area contributed by atoms with Crippen molar-refractivity contribution in [3.05, 3.63) is 108 Å². The zero-order valence-electron chi connectivity index (χ0n) is 17.0. The summed E-state index contributed by atoms with van der Waals surface area (Å²) in [6.45, 7) is 0. The van der Waals surface area contributed by atoms with Crippen LogP contribution in [0.15, 0.2) is 108 Å². The molecule has 0 saturated heterocycles. The highest BCUT2D eigenvalue weighted by Crippen LogP contribution is 2.35. The summed E-state index contributed by atoms with van der Waals surface area (Å²) in [6.07, 6.45) is 5.49. The van der Waals surface area contributed by atoms with Gasteiger partial charge in [-0.1, -0.05) is 28.1 Å². The Labute approximate surface area is 193 Å². The molecule has 5 heteroatoms. The molecular formula is C27H17BrN4. The van der Waals surface area contributed by atoms with Crippen LogP contribution in [0.1, 0.15) is 0 Å². The van der Waals surface area contributed by atoms with Crippen LogP contribution in [0.2, 0.25) is 0 Å². The van der Waals surface area contributed by atoms with Gasteiger partial charge in [-0.2, -0.15) is 0 Å². The van der Waals surface area contributed by atoms with E-state index in [1.54, 1.807) is 0 Å². The summed E-state index contributed by atoms with van der Waals surface area (Å²) >= 11 is 3.62. The maximum absolute atomic E-state index is 4.75. The average molecular weight is 477 g/mol. The Morgan fingerprint density at radius 3 is 1.94 bits per heavy atom. The second kappa shape index (κ2) is 7.70. The molecule has 6 aromatic rings. The quantitative estimate of drug-likeness (QED) is 0.274. The van der Waals surface area contributed by atoms with Crippen molar-refractivity contribution in [3.8, 4) is 28.2 Å². The fraction of sp³-hybridized carbons (Fsp3) is 0. The highest BCUT2D eigenvalue weighted by molar-refractivity contribution is 9.10. The number of hydrogen-bond acceptors (Lipinski definition) is 3. The number of hydrogen-bond donors (Lipinski definition) is 0. The normalized spacial score (nSPS) is 11.3. The summed E-state index contributed by atoms with van der Waals surface area (Å²) in [7, 11) is 0. The van der Waals surface area contributed by atoms with Crippen molar-refractivity contribution in [1.29, 1.82) is 0 Å². The molecule has 0 atom stereocenters. The molecule has 0 amide bonds. The van der Waals surface area contributed by atoms with E-state index < -0.39 is 0 Å². The number of fused-ring (bicyclic) bond motifs is 3. The van der Waals surface area contributed by atoms with Crippen LogP contribution in [0.3, 0.4) is 0 Å². The Morgan fingerprint density at radius 1 is 0.594 bits per heavy atom. The number of halogens is 1. The van der Waals surface area contributed by atoms with E-state index in [1.165, 1.54) is 0 Å². The lowest BCUT2D eigenvalue weighted by atomic mass is 10.0. The van der Waals surface area contributed by atoms with E-state index in [0.29, 0.717) is 0 Å². The Balaban J connectivity index is 1.70. The summed E-state index contributed by atoms with van der Waals surface area (Å²) in [4.78, 5) is 13.9. The smallest absolute Gasteiger partial charge is 0.145 e. The van der Waals surface area contributed by atoms with Crippen molar-refractivity contribution in [2.45, 2.75) is 0 Å². The van der Waals surface area contributed by atoms with Crippen molar-refractivity contribution < 1.29 is 0 Å². The van der Waals surface area contributed by atoms with Gasteiger partial charge in [0.15, 0.2) is 0 Å². The summed E-state index contributed by atoms with van der Waals surface area (Å²) in [6, 6.07) is 28.9. The molecule has 0 aliphatic rings. The van der Waals surface area contributed by atoms with Crippen LogP contribution >= 0.6 is 15.9 Å². The van der Waals surface area contributed by atoms with E-state index in [2.05, 4.69) is 72.9 Å². The Hall–Kier alpha value is -3.83. The van der Waals surface area contributed by atoms with Crippen molar-refractivity contribution in [2.75, 3.05) is 0 Å². The Kier molecular flexibility index (Phi) is 4.55. The highest BCUT2D eigenvalue weighted by Gasteiger charge is 2.16. The van der Waals surface area contributed by atoms with Gasteiger partial charge in [-0.05, 0) is 72.8 Å². The molecule has 0 bridgehead atoms. The van der Waals surface area contributed by atoms with Crippen LogP contribution in [0.5, 0.6) is 0 Å². The molecule has 152 valence electrons. The third kappa shape index (κ3) is 3.18. The molecule has 0 aliphatic carbocycles. The molecule has 0 aliphatic heterocycles. The molecule has 4 aromatic heterocycles. The van der Waals surface area contributed by atoms with E-state index in [4.69, 9.17) is 4.98 Å². The molecule has 4 heterocycles. The zero-order chi connectivity index (χ0) is 21.5. The lowest BCUT2D eigenvalue weighted by molar-refractivity contribution is 1.13. The third-order valence-corrected chi connectivity index (χ3v) is 6.08. The van der Waals surface area contributed by atoms with Gasteiger partial charge in [0.1, 0.15) is 5.65 Å². The topological polar surface area (TPSA) is 43.6 Å². The highest BCUT2D eigenvalue weighted by atomic mass is 79.9. The molecule has 0 unspecified atom stereocenters. The molecule has 6 rings (SSSR count). The van der Waals surface area contributed by atoms with Crippen LogP contribution in [0, 0.1) is 0 Å². The van der Waals surface area contributed by atoms with Crippen molar-refractivity contribution in [3.63, 3.8) is 0 Å². The van der Waals surface area contributed by atoms with Gasteiger partial charge in [-0.3, -0.25) is 14.5 Å². The fourth-order valence-electron chi connectivity index (χ4n) is 4.18. The van der Waals surface area contributed by atoms with Crippen molar-refractivity contribution in [2.24, 2.45) is 0 Å². The van der Waals surface area contributed by atoms with Crippen molar-refractivity contribution in [1.82, 2.24) is 19.5 Å². The largest absolute Gasteiger partial charge is 0.294 e. The number of nitrogens with zero attached hydrogens (tertiary/aromatic N) is 4. The van der Waals surface area contributed by atoms with Gasteiger partial charge in [0, 0.05) is 50.6 Å². The number of rotatable bonds is 3. The fourth-order valence-corrected chi connectivity index (χ4v) is 4.54. The molecule has 0 saturated carbocycles. The van der Waals surface area contributed by atoms with Crippen LogP contribution in [0.25, 0.3) is 50.1 Å². The monoisotopic (exact) mass is 476 g/mol. The molecule has 0 radical (unpaired) electrons. The maximum Gasteiger partial charge on any atom is 0.145 e. The van der Waals surface area contributed by atoms with E-state index in [0.717, 1.165) is 54.6 Å². The van der Waals surface area contributed by atoms with Gasteiger partial charge in [0.25, 0.3) is 0 Å². The molecule has 0 spiro atoms. The Bertz CT molecular complexity index is 1520. The molecule has 32 heavy (non-hydrogen) atoms. The first kappa shape index (κ1) is 18.9. The third-order valence-electron chi connectivity index (χ3n) is 5.59. The molecule has 0 fully saturated rings. The first-order chi connectivity index (χ1) is 15.8. The summed E-state index contributed by atoms with van der Waals surface area (Å²) < 4.78 is 3.26. The van der Waals surface area contributed by atoms with Gasteiger partial charge >= 0.3 is 0 Å². The predicted molar refractivity (Wildman–Crippen MR) is 133 cm³/mol.